The van der Waals surface area contributed by atoms with Crippen molar-refractivity contribution in [2.75, 3.05) is 13.7 Å². The number of rotatable bonds is 6. The number of methoxy groups -OCH3 is 1. The Hall–Kier alpha value is -1.70. The second-order valence-corrected chi connectivity index (χ2v) is 7.95. The first-order valence-electron chi connectivity index (χ1n) is 7.24. The second-order valence-electron chi connectivity index (χ2n) is 5.46. The van der Waals surface area contributed by atoms with Crippen molar-refractivity contribution in [3.8, 4) is 5.75 Å². The van der Waals surface area contributed by atoms with E-state index in [2.05, 4.69) is 12.1 Å². The standard InChI is InChI=1S/C16H18N2O3S2/c1-21-11-2-4-12(5-3-11)22-15-7-6-14(23-15)13-8-10(13)9-18(20)16(17)19/h2-7,10,13,20H,8-9H2,1H3,(H2,17,19). The summed E-state index contributed by atoms with van der Waals surface area (Å²) in [5, 5.41) is 9.99. The van der Waals surface area contributed by atoms with Gasteiger partial charge in [0, 0.05) is 9.77 Å². The van der Waals surface area contributed by atoms with Crippen LogP contribution in [-0.4, -0.2) is 30.0 Å². The lowest BCUT2D eigenvalue weighted by Gasteiger charge is -2.10. The Balaban J connectivity index is 1.57. The van der Waals surface area contributed by atoms with Crippen LogP contribution in [0.4, 0.5) is 4.79 Å². The number of hydrogen-bond donors (Lipinski definition) is 2. The molecular weight excluding hydrogens is 332 g/mol. The molecule has 2 amide bonds. The van der Waals surface area contributed by atoms with E-state index in [1.807, 2.05) is 24.3 Å². The number of carbonyl (C=O) groups excluding carboxylic acids is 1. The molecule has 3 N–H and O–H groups in total. The zero-order valence-electron chi connectivity index (χ0n) is 12.6. The molecule has 122 valence electrons. The smallest absolute Gasteiger partial charge is 0.338 e. The van der Waals surface area contributed by atoms with Crippen molar-refractivity contribution in [1.82, 2.24) is 5.06 Å². The molecule has 0 saturated heterocycles. The van der Waals surface area contributed by atoms with Crippen LogP contribution >= 0.6 is 23.1 Å². The SMILES string of the molecule is COc1ccc(Sc2ccc(C3CC3CN(O)C(N)=O)s2)cc1. The van der Waals surface area contributed by atoms with Gasteiger partial charge in [-0.3, -0.25) is 5.21 Å². The summed E-state index contributed by atoms with van der Waals surface area (Å²) in [6, 6.07) is 11.4. The summed E-state index contributed by atoms with van der Waals surface area (Å²) in [6.07, 6.45) is 0.984. The van der Waals surface area contributed by atoms with E-state index >= 15 is 0 Å². The molecule has 1 aliphatic rings. The molecule has 1 heterocycles. The molecule has 2 unspecified atom stereocenters. The minimum Gasteiger partial charge on any atom is -0.497 e. The Morgan fingerprint density at radius 1 is 1.39 bits per heavy atom. The summed E-state index contributed by atoms with van der Waals surface area (Å²) in [5.41, 5.74) is 5.03. The number of nitrogens with two attached hydrogens (primary N) is 1. The Kier molecular flexibility index (Phi) is 4.79. The number of hydrogen-bond acceptors (Lipinski definition) is 5. The Morgan fingerprint density at radius 3 is 2.78 bits per heavy atom. The lowest BCUT2D eigenvalue weighted by molar-refractivity contribution is -0.0431. The monoisotopic (exact) mass is 350 g/mol. The third-order valence-corrected chi connectivity index (χ3v) is 6.19. The normalized spacial score (nSPS) is 19.4. The zero-order valence-corrected chi connectivity index (χ0v) is 14.3. The molecule has 7 heteroatoms. The number of nitrogens with zero attached hydrogens (tertiary/aromatic N) is 1. The Morgan fingerprint density at radius 2 is 2.13 bits per heavy atom. The minimum atomic E-state index is -0.794. The molecule has 23 heavy (non-hydrogen) atoms. The largest absolute Gasteiger partial charge is 0.497 e. The van der Waals surface area contributed by atoms with Gasteiger partial charge in [0.25, 0.3) is 0 Å². The summed E-state index contributed by atoms with van der Waals surface area (Å²) < 4.78 is 6.39. The highest BCUT2D eigenvalue weighted by atomic mass is 32.2. The van der Waals surface area contributed by atoms with Crippen LogP contribution in [0.3, 0.4) is 0 Å². The predicted molar refractivity (Wildman–Crippen MR) is 90.4 cm³/mol. The minimum absolute atomic E-state index is 0.296. The molecule has 1 fully saturated rings. The first kappa shape index (κ1) is 16.2. The van der Waals surface area contributed by atoms with Crippen molar-refractivity contribution in [2.45, 2.75) is 21.4 Å². The topological polar surface area (TPSA) is 75.8 Å². The first-order chi connectivity index (χ1) is 11.1. The van der Waals surface area contributed by atoms with Gasteiger partial charge in [0.15, 0.2) is 0 Å². The van der Waals surface area contributed by atoms with Gasteiger partial charge in [0.2, 0.25) is 0 Å². The number of amides is 2. The maximum absolute atomic E-state index is 10.8. The highest BCUT2D eigenvalue weighted by Crippen LogP contribution is 2.51. The molecule has 1 aliphatic carbocycles. The van der Waals surface area contributed by atoms with E-state index in [4.69, 9.17) is 10.5 Å². The van der Waals surface area contributed by atoms with Crippen molar-refractivity contribution in [2.24, 2.45) is 11.7 Å². The van der Waals surface area contributed by atoms with Gasteiger partial charge in [-0.2, -0.15) is 0 Å². The lowest BCUT2D eigenvalue weighted by atomic mass is 10.2. The second kappa shape index (κ2) is 6.82. The molecule has 0 spiro atoms. The van der Waals surface area contributed by atoms with Crippen LogP contribution in [0.1, 0.15) is 17.2 Å². The van der Waals surface area contributed by atoms with Gasteiger partial charge in [0.1, 0.15) is 5.75 Å². The number of carbonyl (C=O) groups is 1. The molecule has 3 rings (SSSR count). The van der Waals surface area contributed by atoms with Gasteiger partial charge >= 0.3 is 6.03 Å². The molecule has 2 aromatic rings. The highest BCUT2D eigenvalue weighted by Gasteiger charge is 2.40. The van der Waals surface area contributed by atoms with Crippen LogP contribution in [0.15, 0.2) is 45.5 Å². The van der Waals surface area contributed by atoms with Crippen LogP contribution in [0.2, 0.25) is 0 Å². The van der Waals surface area contributed by atoms with Crippen LogP contribution in [0, 0.1) is 5.92 Å². The Bertz CT molecular complexity index is 687. The first-order valence-corrected chi connectivity index (χ1v) is 8.87. The number of primary amides is 1. The third kappa shape index (κ3) is 3.99. The van der Waals surface area contributed by atoms with Crippen molar-refractivity contribution in [1.29, 1.82) is 0 Å². The van der Waals surface area contributed by atoms with Crippen molar-refractivity contribution >= 4 is 29.1 Å². The van der Waals surface area contributed by atoms with Gasteiger partial charge < -0.3 is 10.5 Å². The predicted octanol–water partition coefficient (Wildman–Crippen LogP) is 3.78. The number of thiophene rings is 1. The number of urea groups is 1. The van der Waals surface area contributed by atoms with Crippen LogP contribution in [0.25, 0.3) is 0 Å². The Labute approximate surface area is 143 Å². The number of hydroxylamine groups is 2. The lowest BCUT2D eigenvalue weighted by Crippen LogP contribution is -2.34. The van der Waals surface area contributed by atoms with E-state index in [1.165, 1.54) is 14.0 Å². The zero-order chi connectivity index (χ0) is 16.4. The van der Waals surface area contributed by atoms with Crippen molar-refractivity contribution in [3.63, 3.8) is 0 Å². The van der Waals surface area contributed by atoms with Crippen LogP contribution < -0.4 is 10.5 Å². The average molecular weight is 350 g/mol. The summed E-state index contributed by atoms with van der Waals surface area (Å²) in [7, 11) is 1.66. The van der Waals surface area contributed by atoms with E-state index in [0.717, 1.165) is 12.2 Å². The summed E-state index contributed by atoms with van der Waals surface area (Å²) >= 11 is 3.48. The molecule has 0 aliphatic heterocycles. The van der Waals surface area contributed by atoms with Crippen LogP contribution in [-0.2, 0) is 0 Å². The van der Waals surface area contributed by atoms with Crippen molar-refractivity contribution < 1.29 is 14.7 Å². The quantitative estimate of drug-likeness (QED) is 0.614. The van der Waals surface area contributed by atoms with Gasteiger partial charge in [-0.15, -0.1) is 11.3 Å². The van der Waals surface area contributed by atoms with Gasteiger partial charge in [-0.05, 0) is 54.7 Å². The molecule has 1 saturated carbocycles. The molecule has 2 atom stereocenters. The summed E-state index contributed by atoms with van der Waals surface area (Å²) in [4.78, 5) is 13.3. The van der Waals surface area contributed by atoms with E-state index in [9.17, 15) is 10.0 Å². The van der Waals surface area contributed by atoms with Gasteiger partial charge in [0.05, 0.1) is 17.9 Å². The highest BCUT2D eigenvalue weighted by molar-refractivity contribution is 8.01. The summed E-state index contributed by atoms with van der Waals surface area (Å²) in [6.45, 7) is 0.304. The number of ether oxygens (including phenoxy) is 1. The molecule has 0 radical (unpaired) electrons. The maximum Gasteiger partial charge on any atom is 0.338 e. The van der Waals surface area contributed by atoms with E-state index in [0.29, 0.717) is 23.4 Å². The molecule has 0 bridgehead atoms. The molecule has 5 nitrogen and oxygen atoms in total. The number of benzene rings is 1. The molecule has 1 aromatic carbocycles. The maximum atomic E-state index is 10.8. The fourth-order valence-corrected chi connectivity index (χ4v) is 4.79. The van der Waals surface area contributed by atoms with Gasteiger partial charge in [-0.1, -0.05) is 11.8 Å². The fourth-order valence-electron chi connectivity index (χ4n) is 2.46. The average Bonchev–Trinajstić information content (AvgIpc) is 3.15. The fraction of sp³-hybridized carbons (Fsp3) is 0.312. The van der Waals surface area contributed by atoms with Crippen molar-refractivity contribution in [3.05, 3.63) is 41.3 Å². The van der Waals surface area contributed by atoms with E-state index < -0.39 is 6.03 Å². The molecular formula is C16H18N2O3S2. The third-order valence-electron chi connectivity index (χ3n) is 3.83. The summed E-state index contributed by atoms with van der Waals surface area (Å²) in [5.74, 6) is 1.56. The van der Waals surface area contributed by atoms with E-state index in [-0.39, 0.29) is 0 Å². The molecule has 1 aromatic heterocycles. The van der Waals surface area contributed by atoms with E-state index in [1.54, 1.807) is 30.2 Å². The van der Waals surface area contributed by atoms with Gasteiger partial charge in [-0.25, -0.2) is 9.86 Å². The van der Waals surface area contributed by atoms with Crippen LogP contribution in [0.5, 0.6) is 5.75 Å².